The maximum absolute atomic E-state index is 14.2. The zero-order valence-electron chi connectivity index (χ0n) is 16.8. The summed E-state index contributed by atoms with van der Waals surface area (Å²) >= 11 is 12.1. The van der Waals surface area contributed by atoms with E-state index in [0.29, 0.717) is 27.7 Å². The summed E-state index contributed by atoms with van der Waals surface area (Å²) in [6.07, 6.45) is -2.97. The minimum absolute atomic E-state index is 0.00396. The van der Waals surface area contributed by atoms with Crippen LogP contribution < -0.4 is 4.74 Å². The van der Waals surface area contributed by atoms with E-state index in [9.17, 15) is 13.2 Å². The fraction of sp³-hybridized carbons (Fsp3) is 0.217. The Bertz CT molecular complexity index is 1330. The van der Waals surface area contributed by atoms with Gasteiger partial charge in [-0.1, -0.05) is 29.3 Å². The Kier molecular flexibility index (Phi) is 5.06. The standard InChI is InChI=1S/C23H16Cl2F3N3O/c1-32-15-7-5-14(6-8-15)31-22-20(21(30-31)12-2-3-12)16(23(26,27)28)11-19(29-22)13-4-9-17(24)18(25)10-13/h4-12H,2-3H2,1H3. The lowest BCUT2D eigenvalue weighted by atomic mass is 10.0. The Balaban J connectivity index is 1.81. The zero-order valence-corrected chi connectivity index (χ0v) is 18.3. The number of pyridine rings is 1. The van der Waals surface area contributed by atoms with Crippen molar-refractivity contribution in [3.63, 3.8) is 0 Å². The van der Waals surface area contributed by atoms with Crippen molar-refractivity contribution in [1.82, 2.24) is 14.8 Å². The van der Waals surface area contributed by atoms with Gasteiger partial charge in [-0.25, -0.2) is 9.67 Å². The molecule has 1 aliphatic rings. The van der Waals surface area contributed by atoms with Gasteiger partial charge in [0.05, 0.1) is 45.2 Å². The highest BCUT2D eigenvalue weighted by Gasteiger charge is 2.39. The predicted molar refractivity (Wildman–Crippen MR) is 118 cm³/mol. The molecule has 32 heavy (non-hydrogen) atoms. The third-order valence-electron chi connectivity index (χ3n) is 5.47. The van der Waals surface area contributed by atoms with Crippen LogP contribution in [0.3, 0.4) is 0 Å². The van der Waals surface area contributed by atoms with Gasteiger partial charge < -0.3 is 4.74 Å². The average molecular weight is 478 g/mol. The molecule has 9 heteroatoms. The smallest absolute Gasteiger partial charge is 0.417 e. The molecule has 2 aromatic carbocycles. The van der Waals surface area contributed by atoms with Gasteiger partial charge in [-0.3, -0.25) is 0 Å². The lowest BCUT2D eigenvalue weighted by Gasteiger charge is -2.12. The lowest BCUT2D eigenvalue weighted by Crippen LogP contribution is -2.08. The molecule has 5 rings (SSSR count). The third kappa shape index (κ3) is 3.69. The molecule has 164 valence electrons. The van der Waals surface area contributed by atoms with Crippen LogP contribution in [0.4, 0.5) is 13.2 Å². The summed E-state index contributed by atoms with van der Waals surface area (Å²) in [5.41, 5.74) is 0.979. The maximum atomic E-state index is 14.2. The van der Waals surface area contributed by atoms with Crippen molar-refractivity contribution in [1.29, 1.82) is 0 Å². The first-order chi connectivity index (χ1) is 15.3. The number of hydrogen-bond donors (Lipinski definition) is 0. The molecule has 0 bridgehead atoms. The summed E-state index contributed by atoms with van der Waals surface area (Å²) in [5, 5.41) is 5.17. The largest absolute Gasteiger partial charge is 0.497 e. The molecule has 0 spiro atoms. The van der Waals surface area contributed by atoms with E-state index >= 15 is 0 Å². The summed E-state index contributed by atoms with van der Waals surface area (Å²) in [6, 6.07) is 12.6. The molecule has 1 aliphatic carbocycles. The van der Waals surface area contributed by atoms with Gasteiger partial charge in [-0.05, 0) is 55.3 Å². The number of nitrogens with zero attached hydrogens (tertiary/aromatic N) is 3. The van der Waals surface area contributed by atoms with E-state index in [1.165, 1.54) is 16.8 Å². The van der Waals surface area contributed by atoms with Gasteiger partial charge in [0.25, 0.3) is 0 Å². The van der Waals surface area contributed by atoms with Crippen LogP contribution in [-0.4, -0.2) is 21.9 Å². The SMILES string of the molecule is COc1ccc(-n2nc(C3CC3)c3c(C(F)(F)F)cc(-c4ccc(Cl)c(Cl)c4)nc32)cc1. The molecule has 2 aromatic heterocycles. The highest BCUT2D eigenvalue weighted by atomic mass is 35.5. The van der Waals surface area contributed by atoms with Crippen LogP contribution in [0.2, 0.25) is 10.0 Å². The number of alkyl halides is 3. The Morgan fingerprint density at radius 1 is 1.00 bits per heavy atom. The Morgan fingerprint density at radius 3 is 2.31 bits per heavy atom. The van der Waals surface area contributed by atoms with E-state index in [-0.39, 0.29) is 27.7 Å². The normalized spacial score (nSPS) is 14.2. The summed E-state index contributed by atoms with van der Waals surface area (Å²) in [7, 11) is 1.55. The second kappa shape index (κ2) is 7.67. The number of hydrogen-bond acceptors (Lipinski definition) is 3. The van der Waals surface area contributed by atoms with Crippen LogP contribution >= 0.6 is 23.2 Å². The van der Waals surface area contributed by atoms with Crippen LogP contribution in [0, 0.1) is 0 Å². The molecule has 0 radical (unpaired) electrons. The average Bonchev–Trinajstić information content (AvgIpc) is 3.55. The Morgan fingerprint density at radius 2 is 1.72 bits per heavy atom. The molecule has 0 saturated heterocycles. The van der Waals surface area contributed by atoms with Crippen LogP contribution in [-0.2, 0) is 6.18 Å². The number of rotatable bonds is 4. The van der Waals surface area contributed by atoms with Crippen molar-refractivity contribution in [3.8, 4) is 22.7 Å². The second-order valence-corrected chi connectivity index (χ2v) is 8.46. The summed E-state index contributed by atoms with van der Waals surface area (Å²) in [4.78, 5) is 4.61. The number of ether oxygens (including phenoxy) is 1. The second-order valence-electron chi connectivity index (χ2n) is 7.65. The quantitative estimate of drug-likeness (QED) is 0.309. The van der Waals surface area contributed by atoms with Crippen molar-refractivity contribution >= 4 is 34.2 Å². The first-order valence-electron chi connectivity index (χ1n) is 9.87. The third-order valence-corrected chi connectivity index (χ3v) is 6.21. The van der Waals surface area contributed by atoms with Crippen LogP contribution in [0.1, 0.15) is 30.0 Å². The van der Waals surface area contributed by atoms with E-state index in [1.807, 2.05) is 0 Å². The number of halogens is 5. The molecule has 0 aliphatic heterocycles. The molecule has 0 unspecified atom stereocenters. The predicted octanol–water partition coefficient (Wildman–Crippen LogP) is 7.30. The minimum Gasteiger partial charge on any atom is -0.497 e. The molecule has 0 atom stereocenters. The van der Waals surface area contributed by atoms with Crippen molar-refractivity contribution < 1.29 is 17.9 Å². The molecule has 0 amide bonds. The summed E-state index contributed by atoms with van der Waals surface area (Å²) in [5.74, 6) is 0.629. The first kappa shape index (κ1) is 21.1. The fourth-order valence-corrected chi connectivity index (χ4v) is 4.01. The molecule has 4 aromatic rings. The van der Waals surface area contributed by atoms with Gasteiger partial charge in [0.1, 0.15) is 5.75 Å². The maximum Gasteiger partial charge on any atom is 0.417 e. The number of benzene rings is 2. The van der Waals surface area contributed by atoms with E-state index in [0.717, 1.165) is 18.9 Å². The summed E-state index contributed by atoms with van der Waals surface area (Å²) < 4.78 is 49.3. The van der Waals surface area contributed by atoms with Crippen molar-refractivity contribution in [2.75, 3.05) is 7.11 Å². The van der Waals surface area contributed by atoms with Crippen LogP contribution in [0.5, 0.6) is 5.75 Å². The van der Waals surface area contributed by atoms with Gasteiger partial charge in [0.2, 0.25) is 0 Å². The van der Waals surface area contributed by atoms with E-state index in [1.54, 1.807) is 37.4 Å². The Labute approximate surface area is 191 Å². The molecular formula is C23H16Cl2F3N3O. The number of methoxy groups -OCH3 is 1. The molecule has 1 fully saturated rings. The van der Waals surface area contributed by atoms with Crippen molar-refractivity contribution in [2.45, 2.75) is 24.9 Å². The summed E-state index contributed by atoms with van der Waals surface area (Å²) in [6.45, 7) is 0. The molecule has 1 saturated carbocycles. The highest BCUT2D eigenvalue weighted by molar-refractivity contribution is 6.42. The van der Waals surface area contributed by atoms with Gasteiger partial charge >= 0.3 is 6.18 Å². The van der Waals surface area contributed by atoms with Gasteiger partial charge in [0.15, 0.2) is 5.65 Å². The van der Waals surface area contributed by atoms with Crippen LogP contribution in [0.25, 0.3) is 28.0 Å². The molecule has 4 nitrogen and oxygen atoms in total. The number of fused-ring (bicyclic) bond motifs is 1. The zero-order chi connectivity index (χ0) is 22.6. The van der Waals surface area contributed by atoms with E-state index in [2.05, 4.69) is 10.1 Å². The van der Waals surface area contributed by atoms with E-state index in [4.69, 9.17) is 27.9 Å². The monoisotopic (exact) mass is 477 g/mol. The number of aromatic nitrogens is 3. The molecule has 2 heterocycles. The van der Waals surface area contributed by atoms with Gasteiger partial charge in [0, 0.05) is 11.5 Å². The van der Waals surface area contributed by atoms with E-state index < -0.39 is 11.7 Å². The minimum atomic E-state index is -4.58. The highest BCUT2D eigenvalue weighted by Crippen LogP contribution is 2.47. The molecule has 0 N–H and O–H groups in total. The van der Waals surface area contributed by atoms with Crippen molar-refractivity contribution in [3.05, 3.63) is 69.8 Å². The van der Waals surface area contributed by atoms with Gasteiger partial charge in [-0.2, -0.15) is 18.3 Å². The fourth-order valence-electron chi connectivity index (χ4n) is 3.72. The first-order valence-corrected chi connectivity index (χ1v) is 10.6. The Hall–Kier alpha value is -2.77. The van der Waals surface area contributed by atoms with Crippen LogP contribution in [0.15, 0.2) is 48.5 Å². The van der Waals surface area contributed by atoms with Gasteiger partial charge in [-0.15, -0.1) is 0 Å². The topological polar surface area (TPSA) is 39.9 Å². The van der Waals surface area contributed by atoms with Crippen molar-refractivity contribution in [2.24, 2.45) is 0 Å². The lowest BCUT2D eigenvalue weighted by molar-refractivity contribution is -0.136. The molecular weight excluding hydrogens is 462 g/mol.